The van der Waals surface area contributed by atoms with Gasteiger partial charge in [0.2, 0.25) is 0 Å². The van der Waals surface area contributed by atoms with Crippen molar-refractivity contribution >= 4 is 34.4 Å². The zero-order valence-corrected chi connectivity index (χ0v) is 16.2. The summed E-state index contributed by atoms with van der Waals surface area (Å²) in [5.74, 6) is 1.78. The molecule has 2 N–H and O–H groups in total. The highest BCUT2D eigenvalue weighted by Gasteiger charge is 2.42. The van der Waals surface area contributed by atoms with E-state index in [0.29, 0.717) is 17.2 Å². The van der Waals surface area contributed by atoms with Crippen molar-refractivity contribution in [2.75, 3.05) is 36.0 Å². The molecule has 0 bridgehead atoms. The number of piperidine rings is 2. The fourth-order valence-electron chi connectivity index (χ4n) is 4.63. The van der Waals surface area contributed by atoms with Crippen LogP contribution in [0, 0.1) is 5.41 Å². The first-order chi connectivity index (χ1) is 13.6. The lowest BCUT2D eigenvalue weighted by Gasteiger charge is -2.49. The van der Waals surface area contributed by atoms with Crippen LogP contribution in [0.4, 0.5) is 11.6 Å². The molecule has 0 saturated carbocycles. The number of imidazole rings is 1. The number of rotatable bonds is 2. The number of anilines is 2. The summed E-state index contributed by atoms with van der Waals surface area (Å²) >= 11 is 5.98. The van der Waals surface area contributed by atoms with E-state index in [9.17, 15) is 5.11 Å². The van der Waals surface area contributed by atoms with Crippen LogP contribution in [0.5, 0.6) is 0 Å². The van der Waals surface area contributed by atoms with Gasteiger partial charge in [-0.2, -0.15) is 0 Å². The van der Waals surface area contributed by atoms with E-state index in [1.165, 1.54) is 0 Å². The molecular formula is C19H22ClN7O. The molecule has 2 aliphatic rings. The first-order valence-electron chi connectivity index (χ1n) is 9.56. The van der Waals surface area contributed by atoms with E-state index in [1.54, 1.807) is 18.9 Å². The normalized spacial score (nSPS) is 22.1. The van der Waals surface area contributed by atoms with E-state index in [-0.39, 0.29) is 11.5 Å². The molecule has 146 valence electrons. The number of halogens is 1. The smallest absolute Gasteiger partial charge is 0.182 e. The van der Waals surface area contributed by atoms with Crippen LogP contribution >= 0.6 is 11.6 Å². The summed E-state index contributed by atoms with van der Waals surface area (Å²) in [6, 6.07) is 3.78. The van der Waals surface area contributed by atoms with Crippen molar-refractivity contribution in [1.29, 1.82) is 0 Å². The Hall–Kier alpha value is -2.45. The average molecular weight is 400 g/mol. The first kappa shape index (κ1) is 17.6. The van der Waals surface area contributed by atoms with Gasteiger partial charge in [0.05, 0.1) is 17.5 Å². The molecule has 2 fully saturated rings. The predicted octanol–water partition coefficient (Wildman–Crippen LogP) is 2.26. The van der Waals surface area contributed by atoms with E-state index in [4.69, 9.17) is 11.6 Å². The van der Waals surface area contributed by atoms with Gasteiger partial charge in [-0.1, -0.05) is 11.6 Å². The van der Waals surface area contributed by atoms with Crippen molar-refractivity contribution in [3.8, 4) is 0 Å². The molecule has 0 radical (unpaired) electrons. The van der Waals surface area contributed by atoms with Gasteiger partial charge in [0.25, 0.3) is 0 Å². The van der Waals surface area contributed by atoms with Crippen molar-refractivity contribution in [2.24, 2.45) is 5.41 Å². The molecule has 5 heterocycles. The first-order valence-corrected chi connectivity index (χ1v) is 9.93. The van der Waals surface area contributed by atoms with E-state index in [2.05, 4.69) is 34.7 Å². The average Bonchev–Trinajstić information content (AvgIpc) is 3.18. The Bertz CT molecular complexity index is 968. The molecule has 1 unspecified atom stereocenters. The molecule has 9 heteroatoms. The molecular weight excluding hydrogens is 378 g/mol. The third-order valence-electron chi connectivity index (χ3n) is 5.99. The summed E-state index contributed by atoms with van der Waals surface area (Å²) < 4.78 is 0. The highest BCUT2D eigenvalue weighted by Crippen LogP contribution is 2.42. The van der Waals surface area contributed by atoms with Crippen molar-refractivity contribution in [3.63, 3.8) is 0 Å². The number of aliphatic hydroxyl groups excluding tert-OH is 1. The fraction of sp³-hybridized carbons (Fsp3) is 0.474. The standard InChI is InChI=1S/C19H22ClN7O/c20-13-1-2-15(21-8-13)27-9-14(28)7-19(10-27)3-5-26(6-4-19)18-16-17(23-11-22-16)24-12-25-18/h1-2,8,11-12,14,28H,3-7,9-10H2,(H,22,23,24,25). The number of aliphatic hydroxyl groups is 1. The van der Waals surface area contributed by atoms with Gasteiger partial charge in [0.1, 0.15) is 17.7 Å². The Labute approximate surface area is 167 Å². The van der Waals surface area contributed by atoms with E-state index in [1.807, 2.05) is 12.1 Å². The molecule has 0 aromatic carbocycles. The summed E-state index contributed by atoms with van der Waals surface area (Å²) in [5, 5.41) is 11.2. The number of H-pyrrole nitrogens is 1. The summed E-state index contributed by atoms with van der Waals surface area (Å²) in [7, 11) is 0. The van der Waals surface area contributed by atoms with Gasteiger partial charge in [-0.3, -0.25) is 0 Å². The lowest BCUT2D eigenvalue weighted by atomic mass is 9.71. The maximum absolute atomic E-state index is 10.6. The van der Waals surface area contributed by atoms with Gasteiger partial charge in [-0.15, -0.1) is 0 Å². The van der Waals surface area contributed by atoms with Crippen LogP contribution in [0.3, 0.4) is 0 Å². The van der Waals surface area contributed by atoms with Crippen LogP contribution in [0.2, 0.25) is 5.02 Å². The Balaban J connectivity index is 1.34. The Morgan fingerprint density at radius 1 is 1.11 bits per heavy atom. The molecule has 2 aliphatic heterocycles. The van der Waals surface area contributed by atoms with Crippen molar-refractivity contribution in [3.05, 3.63) is 36.0 Å². The SMILES string of the molecule is OC1CN(c2ccc(Cl)cn2)CC2(CCN(c3ncnc4nc[nH]c34)CC2)C1. The van der Waals surface area contributed by atoms with E-state index in [0.717, 1.165) is 56.0 Å². The zero-order chi connectivity index (χ0) is 19.1. The molecule has 3 aromatic rings. The summed E-state index contributed by atoms with van der Waals surface area (Å²) in [4.78, 5) is 25.0. The minimum absolute atomic E-state index is 0.0790. The number of nitrogens with zero attached hydrogens (tertiary/aromatic N) is 6. The van der Waals surface area contributed by atoms with Crippen LogP contribution < -0.4 is 9.80 Å². The second-order valence-corrected chi connectivity index (χ2v) is 8.29. The third kappa shape index (κ3) is 3.16. The van der Waals surface area contributed by atoms with Crippen molar-refractivity contribution in [2.45, 2.75) is 25.4 Å². The Morgan fingerprint density at radius 3 is 2.75 bits per heavy atom. The molecule has 28 heavy (non-hydrogen) atoms. The zero-order valence-electron chi connectivity index (χ0n) is 15.4. The lowest BCUT2D eigenvalue weighted by Crippen LogP contribution is -2.54. The topological polar surface area (TPSA) is 94.1 Å². The second kappa shape index (κ2) is 6.86. The third-order valence-corrected chi connectivity index (χ3v) is 6.21. The summed E-state index contributed by atoms with van der Waals surface area (Å²) in [6.45, 7) is 3.29. The van der Waals surface area contributed by atoms with Gasteiger partial charge in [-0.25, -0.2) is 19.9 Å². The van der Waals surface area contributed by atoms with Gasteiger partial charge in [0, 0.05) is 32.4 Å². The molecule has 0 amide bonds. The summed E-state index contributed by atoms with van der Waals surface area (Å²) in [5.41, 5.74) is 1.66. The van der Waals surface area contributed by atoms with Crippen LogP contribution in [0.25, 0.3) is 11.2 Å². The van der Waals surface area contributed by atoms with E-state index < -0.39 is 0 Å². The maximum Gasteiger partial charge on any atom is 0.182 e. The number of hydrogen-bond donors (Lipinski definition) is 2. The molecule has 8 nitrogen and oxygen atoms in total. The van der Waals surface area contributed by atoms with E-state index >= 15 is 0 Å². The highest BCUT2D eigenvalue weighted by atomic mass is 35.5. The van der Waals surface area contributed by atoms with Gasteiger partial charge in [0.15, 0.2) is 11.5 Å². The molecule has 1 spiro atoms. The quantitative estimate of drug-likeness (QED) is 0.682. The van der Waals surface area contributed by atoms with Crippen LogP contribution in [-0.2, 0) is 0 Å². The summed E-state index contributed by atoms with van der Waals surface area (Å²) in [6.07, 6.45) is 7.36. The number of fused-ring (bicyclic) bond motifs is 1. The molecule has 0 aliphatic carbocycles. The monoisotopic (exact) mass is 399 g/mol. The lowest BCUT2D eigenvalue weighted by molar-refractivity contribution is 0.0595. The number of aromatic nitrogens is 5. The second-order valence-electron chi connectivity index (χ2n) is 7.86. The minimum Gasteiger partial charge on any atom is -0.391 e. The van der Waals surface area contributed by atoms with Gasteiger partial charge in [-0.05, 0) is 36.8 Å². The highest BCUT2D eigenvalue weighted by molar-refractivity contribution is 6.30. The van der Waals surface area contributed by atoms with Gasteiger partial charge < -0.3 is 19.9 Å². The number of hydrogen-bond acceptors (Lipinski definition) is 7. The Morgan fingerprint density at radius 2 is 1.96 bits per heavy atom. The maximum atomic E-state index is 10.6. The molecule has 1 atom stereocenters. The Kier molecular flexibility index (Phi) is 4.32. The molecule has 2 saturated heterocycles. The van der Waals surface area contributed by atoms with Crippen LogP contribution in [0.15, 0.2) is 31.0 Å². The van der Waals surface area contributed by atoms with Crippen LogP contribution in [0.1, 0.15) is 19.3 Å². The van der Waals surface area contributed by atoms with Gasteiger partial charge >= 0.3 is 0 Å². The van der Waals surface area contributed by atoms with Crippen molar-refractivity contribution < 1.29 is 5.11 Å². The van der Waals surface area contributed by atoms with Crippen LogP contribution in [-0.4, -0.2) is 62.3 Å². The number of aromatic amines is 1. The minimum atomic E-state index is -0.351. The number of β-amino-alcohol motifs (C(OH)–C–C–N with tert-alkyl or cyclic N) is 1. The molecule has 3 aromatic heterocycles. The number of pyridine rings is 1. The number of nitrogens with one attached hydrogen (secondary N) is 1. The van der Waals surface area contributed by atoms with Crippen molar-refractivity contribution in [1.82, 2.24) is 24.9 Å². The fourth-order valence-corrected chi connectivity index (χ4v) is 4.74. The largest absolute Gasteiger partial charge is 0.391 e. The molecule has 5 rings (SSSR count). The predicted molar refractivity (Wildman–Crippen MR) is 108 cm³/mol.